The third-order valence-corrected chi connectivity index (χ3v) is 4.53. The van der Waals surface area contributed by atoms with E-state index >= 15 is 0 Å². The second kappa shape index (κ2) is 8.02. The van der Waals surface area contributed by atoms with E-state index in [1.165, 1.54) is 6.07 Å². The maximum absolute atomic E-state index is 13.2. The summed E-state index contributed by atoms with van der Waals surface area (Å²) in [6.07, 6.45) is -12.0. The summed E-state index contributed by atoms with van der Waals surface area (Å²) in [5.74, 6) is -0.709. The van der Waals surface area contributed by atoms with Crippen LogP contribution in [0.1, 0.15) is 11.1 Å². The van der Waals surface area contributed by atoms with Crippen LogP contribution in [0.25, 0.3) is 11.1 Å². The summed E-state index contributed by atoms with van der Waals surface area (Å²) in [6, 6.07) is 19.8. The predicted octanol–water partition coefficient (Wildman–Crippen LogP) is 6.24. The molecule has 0 bridgehead atoms. The van der Waals surface area contributed by atoms with E-state index in [9.17, 15) is 31.4 Å². The highest BCUT2D eigenvalue weighted by Crippen LogP contribution is 2.52. The van der Waals surface area contributed by atoms with Gasteiger partial charge in [-0.15, -0.1) is 0 Å². The summed E-state index contributed by atoms with van der Waals surface area (Å²) in [5.41, 5.74) is -4.23. The van der Waals surface area contributed by atoms with Gasteiger partial charge in [-0.3, -0.25) is 0 Å². The second-order valence-corrected chi connectivity index (χ2v) is 6.56. The molecule has 3 aromatic carbocycles. The van der Waals surface area contributed by atoms with Crippen LogP contribution in [0.15, 0.2) is 78.9 Å². The Bertz CT molecular complexity index is 982. The fraction of sp³-hybridized carbons (Fsp3) is 0.182. The van der Waals surface area contributed by atoms with E-state index in [4.69, 9.17) is 4.74 Å². The number of hydrogen-bond donors (Lipinski definition) is 1. The highest BCUT2D eigenvalue weighted by atomic mass is 19.4. The number of benzene rings is 3. The molecule has 0 fully saturated rings. The highest BCUT2D eigenvalue weighted by Gasteiger charge is 2.72. The van der Waals surface area contributed by atoms with Crippen molar-refractivity contribution < 1.29 is 36.2 Å². The second-order valence-electron chi connectivity index (χ2n) is 6.56. The molecule has 0 heterocycles. The maximum Gasteiger partial charge on any atom is 0.430 e. The van der Waals surface area contributed by atoms with Crippen molar-refractivity contribution in [3.05, 3.63) is 90.0 Å². The van der Waals surface area contributed by atoms with Crippen molar-refractivity contribution in [1.29, 1.82) is 0 Å². The number of para-hydroxylation sites is 1. The zero-order chi connectivity index (χ0) is 22.0. The molecule has 0 aliphatic heterocycles. The number of rotatable bonds is 5. The zero-order valence-electron chi connectivity index (χ0n) is 15.3. The Hall–Kier alpha value is -3.00. The molecule has 0 unspecified atom stereocenters. The molecule has 0 aliphatic carbocycles. The minimum Gasteiger partial charge on any atom is -0.488 e. The quantitative estimate of drug-likeness (QED) is 0.489. The van der Waals surface area contributed by atoms with Gasteiger partial charge in [-0.25, -0.2) is 0 Å². The molecule has 3 rings (SSSR count). The van der Waals surface area contributed by atoms with Crippen LogP contribution in [0.3, 0.4) is 0 Å². The third-order valence-electron chi connectivity index (χ3n) is 4.53. The third kappa shape index (κ3) is 4.14. The van der Waals surface area contributed by atoms with Crippen LogP contribution >= 0.6 is 0 Å². The van der Waals surface area contributed by atoms with Gasteiger partial charge in [0.25, 0.3) is 5.60 Å². The van der Waals surface area contributed by atoms with Crippen LogP contribution in [0.5, 0.6) is 5.75 Å². The maximum atomic E-state index is 13.2. The Morgan fingerprint density at radius 3 is 1.87 bits per heavy atom. The van der Waals surface area contributed by atoms with Crippen molar-refractivity contribution >= 4 is 0 Å². The van der Waals surface area contributed by atoms with Crippen molar-refractivity contribution in [3.8, 4) is 16.9 Å². The van der Waals surface area contributed by atoms with Crippen molar-refractivity contribution in [2.45, 2.75) is 24.6 Å². The van der Waals surface area contributed by atoms with Gasteiger partial charge in [0.1, 0.15) is 12.4 Å². The molecule has 0 spiro atoms. The fourth-order valence-corrected chi connectivity index (χ4v) is 2.99. The average Bonchev–Trinajstić information content (AvgIpc) is 2.71. The first-order chi connectivity index (χ1) is 14.0. The van der Waals surface area contributed by atoms with Gasteiger partial charge in [-0.2, -0.15) is 26.3 Å². The lowest BCUT2D eigenvalue weighted by Gasteiger charge is -2.33. The lowest BCUT2D eigenvalue weighted by Crippen LogP contribution is -2.54. The molecular formula is C22H16F6O2. The van der Waals surface area contributed by atoms with Crippen LogP contribution in [-0.2, 0) is 12.2 Å². The molecule has 0 amide bonds. The van der Waals surface area contributed by atoms with E-state index in [2.05, 4.69) is 0 Å². The largest absolute Gasteiger partial charge is 0.488 e. The molecule has 3 aromatic rings. The van der Waals surface area contributed by atoms with Crippen molar-refractivity contribution in [1.82, 2.24) is 0 Å². The lowest BCUT2D eigenvalue weighted by molar-refractivity contribution is -0.376. The topological polar surface area (TPSA) is 29.5 Å². The first-order valence-corrected chi connectivity index (χ1v) is 8.76. The highest BCUT2D eigenvalue weighted by molar-refractivity contribution is 5.63. The minimum absolute atomic E-state index is 0.288. The first kappa shape index (κ1) is 21.7. The lowest BCUT2D eigenvalue weighted by atomic mass is 9.91. The van der Waals surface area contributed by atoms with Gasteiger partial charge in [0.2, 0.25) is 0 Å². The number of halogens is 6. The Morgan fingerprint density at radius 1 is 0.667 bits per heavy atom. The van der Waals surface area contributed by atoms with Crippen LogP contribution in [-0.4, -0.2) is 17.5 Å². The molecule has 1 N–H and O–H groups in total. The van der Waals surface area contributed by atoms with Gasteiger partial charge >= 0.3 is 12.4 Å². The van der Waals surface area contributed by atoms with Gasteiger partial charge < -0.3 is 9.84 Å². The van der Waals surface area contributed by atoms with Crippen molar-refractivity contribution in [2.75, 3.05) is 0 Å². The van der Waals surface area contributed by atoms with E-state index in [0.29, 0.717) is 11.6 Å². The first-order valence-electron chi connectivity index (χ1n) is 8.76. The molecular weight excluding hydrogens is 410 g/mol. The van der Waals surface area contributed by atoms with E-state index in [-0.39, 0.29) is 6.61 Å². The smallest absolute Gasteiger partial charge is 0.430 e. The minimum atomic E-state index is -5.99. The zero-order valence-corrected chi connectivity index (χ0v) is 15.3. The van der Waals surface area contributed by atoms with Gasteiger partial charge in [0, 0.05) is 5.56 Å². The molecule has 0 atom stereocenters. The van der Waals surface area contributed by atoms with Crippen molar-refractivity contribution in [3.63, 3.8) is 0 Å². The molecule has 2 nitrogen and oxygen atoms in total. The summed E-state index contributed by atoms with van der Waals surface area (Å²) in [6.45, 7) is -0.288. The van der Waals surface area contributed by atoms with Crippen LogP contribution < -0.4 is 4.74 Å². The van der Waals surface area contributed by atoms with Gasteiger partial charge in [0.05, 0.1) is 0 Å². The summed E-state index contributed by atoms with van der Waals surface area (Å²) < 4.78 is 84.8. The molecule has 8 heteroatoms. The Morgan fingerprint density at radius 2 is 1.23 bits per heavy atom. The van der Waals surface area contributed by atoms with E-state index in [1.54, 1.807) is 18.2 Å². The number of alkyl halides is 6. The summed E-state index contributed by atoms with van der Waals surface area (Å²) in [4.78, 5) is 0. The Labute approximate surface area is 168 Å². The van der Waals surface area contributed by atoms with E-state index in [1.807, 2.05) is 36.4 Å². The normalized spacial score (nSPS) is 12.6. The van der Waals surface area contributed by atoms with Gasteiger partial charge in [0.15, 0.2) is 0 Å². The van der Waals surface area contributed by atoms with Crippen molar-refractivity contribution in [2.24, 2.45) is 0 Å². The Kier molecular flexibility index (Phi) is 5.81. The van der Waals surface area contributed by atoms with Gasteiger partial charge in [-0.1, -0.05) is 66.7 Å². The molecule has 158 valence electrons. The molecule has 0 radical (unpaired) electrons. The Balaban J connectivity index is 1.92. The summed E-state index contributed by atoms with van der Waals surface area (Å²) in [7, 11) is 0. The van der Waals surface area contributed by atoms with Crippen LogP contribution in [0.2, 0.25) is 0 Å². The van der Waals surface area contributed by atoms with Crippen LogP contribution in [0.4, 0.5) is 26.3 Å². The molecule has 0 aliphatic rings. The summed E-state index contributed by atoms with van der Waals surface area (Å²) in [5, 5.41) is 9.70. The average molecular weight is 426 g/mol. The molecule has 0 aromatic heterocycles. The summed E-state index contributed by atoms with van der Waals surface area (Å²) >= 11 is 0. The fourth-order valence-electron chi connectivity index (χ4n) is 2.99. The molecule has 0 saturated carbocycles. The van der Waals surface area contributed by atoms with E-state index in [0.717, 1.165) is 23.3 Å². The predicted molar refractivity (Wildman–Crippen MR) is 98.7 cm³/mol. The SMILES string of the molecule is OC(c1ccccc1OCc1cccc(-c2ccccc2)c1)(C(F)(F)F)C(F)(F)F. The molecule has 30 heavy (non-hydrogen) atoms. The standard InChI is InChI=1S/C22H16F6O2/c23-21(24,25)20(29,22(26,27)28)18-11-4-5-12-19(18)30-14-15-7-6-10-17(13-15)16-8-2-1-3-9-16/h1-13,29H,14H2. The van der Waals surface area contributed by atoms with E-state index < -0.39 is 29.3 Å². The van der Waals surface area contributed by atoms with Gasteiger partial charge in [-0.05, 0) is 28.8 Å². The molecule has 0 saturated heterocycles. The van der Waals surface area contributed by atoms with Crippen LogP contribution in [0, 0.1) is 0 Å². The monoisotopic (exact) mass is 426 g/mol. The number of ether oxygens (including phenoxy) is 1. The number of aliphatic hydroxyl groups is 1. The number of hydrogen-bond acceptors (Lipinski definition) is 2.